The first-order valence-electron chi connectivity index (χ1n) is 11.0. The van der Waals surface area contributed by atoms with Gasteiger partial charge in [-0.3, -0.25) is 24.6 Å². The molecule has 38 heavy (non-hydrogen) atoms. The zero-order valence-electron chi connectivity index (χ0n) is 19.7. The monoisotopic (exact) mass is 666 g/mol. The molecule has 1 aliphatic rings. The van der Waals surface area contributed by atoms with E-state index in [2.05, 4.69) is 0 Å². The van der Waals surface area contributed by atoms with E-state index in [0.29, 0.717) is 20.9 Å². The number of rotatable bonds is 9. The minimum atomic E-state index is -4.13. The Labute approximate surface area is 236 Å². The Morgan fingerprint density at radius 3 is 2.45 bits per heavy atom. The average Bonchev–Trinajstić information content (AvgIpc) is 3.14. The van der Waals surface area contributed by atoms with Gasteiger partial charge in [0.15, 0.2) is 11.5 Å². The summed E-state index contributed by atoms with van der Waals surface area (Å²) in [5, 5.41) is 10.8. The van der Waals surface area contributed by atoms with Crippen molar-refractivity contribution < 1.29 is 31.9 Å². The minimum Gasteiger partial charge on any atom is -0.490 e. The molecule has 1 saturated heterocycles. The van der Waals surface area contributed by atoms with E-state index in [1.165, 1.54) is 42.5 Å². The summed E-state index contributed by atoms with van der Waals surface area (Å²) in [6, 6.07) is 16.7. The second kappa shape index (κ2) is 11.5. The third kappa shape index (κ3) is 6.00. The normalized spacial score (nSPS) is 14.7. The minimum absolute atomic E-state index is 0.00190. The summed E-state index contributed by atoms with van der Waals surface area (Å²) < 4.78 is 37.0. The number of imide groups is 1. The first-order valence-corrected chi connectivity index (χ1v) is 14.3. The molecular formula is C25H19IN2O8S2. The van der Waals surface area contributed by atoms with Crippen molar-refractivity contribution in [3.63, 3.8) is 0 Å². The Morgan fingerprint density at radius 1 is 1.08 bits per heavy atom. The number of nitrogens with zero attached hydrogens (tertiary/aromatic N) is 2. The lowest BCUT2D eigenvalue weighted by atomic mass is 10.1. The fourth-order valence-corrected chi connectivity index (χ4v) is 6.24. The van der Waals surface area contributed by atoms with Gasteiger partial charge in [-0.1, -0.05) is 36.4 Å². The molecule has 10 nitrogen and oxygen atoms in total. The van der Waals surface area contributed by atoms with E-state index in [1.54, 1.807) is 37.3 Å². The highest BCUT2D eigenvalue weighted by molar-refractivity contribution is 14.1. The molecule has 0 aliphatic carbocycles. The first-order chi connectivity index (χ1) is 18.1. The number of hydrogen-bond acceptors (Lipinski definition) is 9. The number of para-hydroxylation sites is 1. The second-order valence-corrected chi connectivity index (χ2v) is 11.5. The molecule has 3 aromatic carbocycles. The van der Waals surface area contributed by atoms with Gasteiger partial charge >= 0.3 is 10.1 Å². The van der Waals surface area contributed by atoms with Crippen molar-refractivity contribution in [1.29, 1.82) is 0 Å². The van der Waals surface area contributed by atoms with Crippen molar-refractivity contribution in [2.24, 2.45) is 0 Å². The number of hydrogen-bond donors (Lipinski definition) is 0. The van der Waals surface area contributed by atoms with E-state index in [0.717, 1.165) is 4.90 Å². The lowest BCUT2D eigenvalue weighted by molar-refractivity contribution is -0.385. The summed E-state index contributed by atoms with van der Waals surface area (Å²) in [4.78, 5) is 37.4. The summed E-state index contributed by atoms with van der Waals surface area (Å²) in [5.41, 5.74) is 0.515. The lowest BCUT2D eigenvalue weighted by Crippen LogP contribution is -2.27. The van der Waals surface area contributed by atoms with Crippen molar-refractivity contribution in [3.8, 4) is 11.5 Å². The van der Waals surface area contributed by atoms with Gasteiger partial charge in [-0.15, -0.1) is 0 Å². The first kappa shape index (κ1) is 27.6. The van der Waals surface area contributed by atoms with Crippen LogP contribution >= 0.6 is 34.4 Å². The number of nitro benzene ring substituents is 1. The predicted octanol–water partition coefficient (Wildman–Crippen LogP) is 5.60. The van der Waals surface area contributed by atoms with Gasteiger partial charge in [-0.25, -0.2) is 0 Å². The van der Waals surface area contributed by atoms with Crippen LogP contribution in [0.15, 0.2) is 76.5 Å². The molecule has 1 fully saturated rings. The van der Waals surface area contributed by atoms with Crippen LogP contribution in [0, 0.1) is 13.7 Å². The summed E-state index contributed by atoms with van der Waals surface area (Å²) in [5.74, 6) is -0.458. The lowest BCUT2D eigenvalue weighted by Gasteiger charge is -2.15. The topological polar surface area (TPSA) is 133 Å². The molecule has 0 atom stereocenters. The number of ether oxygens (including phenoxy) is 1. The molecule has 1 aliphatic heterocycles. The molecule has 2 amide bonds. The number of thioether (sulfide) groups is 1. The maximum Gasteiger partial charge on any atom is 0.339 e. The molecule has 0 aromatic heterocycles. The van der Waals surface area contributed by atoms with E-state index in [9.17, 15) is 28.1 Å². The van der Waals surface area contributed by atoms with Gasteiger partial charge in [-0.2, -0.15) is 8.42 Å². The van der Waals surface area contributed by atoms with Crippen LogP contribution in [0.3, 0.4) is 0 Å². The van der Waals surface area contributed by atoms with Crippen molar-refractivity contribution in [2.45, 2.75) is 18.4 Å². The van der Waals surface area contributed by atoms with Gasteiger partial charge in [0.05, 0.1) is 26.6 Å². The van der Waals surface area contributed by atoms with Crippen LogP contribution in [0.25, 0.3) is 6.08 Å². The standard InChI is InChI=1S/C25H19IN2O8S2/c1-2-35-21-13-16(12-19(26)23(21)36-38(33,34)18-9-4-3-5-10-18)14-22-24(29)27(25(30)37-22)15-17-8-6-7-11-20(17)28(31)32/h3-14H,2,15H2,1H3/b22-14-. The number of benzene rings is 3. The van der Waals surface area contributed by atoms with Gasteiger partial charge in [0, 0.05) is 11.6 Å². The Hall–Kier alpha value is -3.43. The third-order valence-corrected chi connectivity index (χ3v) is 8.19. The molecule has 0 bridgehead atoms. The van der Waals surface area contributed by atoms with E-state index in [1.807, 2.05) is 22.6 Å². The smallest absolute Gasteiger partial charge is 0.339 e. The van der Waals surface area contributed by atoms with E-state index >= 15 is 0 Å². The number of amides is 2. The number of halogens is 1. The highest BCUT2D eigenvalue weighted by Crippen LogP contribution is 2.39. The number of carbonyl (C=O) groups excluding carboxylic acids is 2. The van der Waals surface area contributed by atoms with Crippen LogP contribution in [0.1, 0.15) is 18.1 Å². The zero-order valence-corrected chi connectivity index (χ0v) is 23.5. The second-order valence-electron chi connectivity index (χ2n) is 7.77. The van der Waals surface area contributed by atoms with Crippen LogP contribution in [0.5, 0.6) is 11.5 Å². The summed E-state index contributed by atoms with van der Waals surface area (Å²) >= 11 is 2.61. The SMILES string of the molecule is CCOc1cc(/C=C2\SC(=O)N(Cc3ccccc3[N+](=O)[O-])C2=O)cc(I)c1OS(=O)(=O)c1ccccc1. The molecule has 3 aromatic rings. The van der Waals surface area contributed by atoms with Crippen molar-refractivity contribution in [3.05, 3.63) is 96.4 Å². The highest BCUT2D eigenvalue weighted by Gasteiger charge is 2.36. The van der Waals surface area contributed by atoms with E-state index < -0.39 is 26.2 Å². The van der Waals surface area contributed by atoms with E-state index in [4.69, 9.17) is 8.92 Å². The Morgan fingerprint density at radius 2 is 1.76 bits per heavy atom. The molecule has 0 unspecified atom stereocenters. The van der Waals surface area contributed by atoms with E-state index in [-0.39, 0.29) is 45.7 Å². The quantitative estimate of drug-likeness (QED) is 0.0941. The van der Waals surface area contributed by atoms with Crippen LogP contribution < -0.4 is 8.92 Å². The van der Waals surface area contributed by atoms with Gasteiger partial charge in [0.1, 0.15) is 4.90 Å². The van der Waals surface area contributed by atoms with Gasteiger partial charge < -0.3 is 8.92 Å². The molecule has 1 heterocycles. The fraction of sp³-hybridized carbons (Fsp3) is 0.120. The Bertz CT molecular complexity index is 1560. The maximum atomic E-state index is 13.0. The van der Waals surface area contributed by atoms with Gasteiger partial charge in [-0.05, 0) is 77.2 Å². The number of nitro groups is 1. The van der Waals surface area contributed by atoms with Gasteiger partial charge in [0.25, 0.3) is 16.8 Å². The summed E-state index contributed by atoms with van der Waals surface area (Å²) in [6.07, 6.45) is 1.48. The molecule has 196 valence electrons. The molecular weight excluding hydrogens is 647 g/mol. The third-order valence-electron chi connectivity index (χ3n) is 5.24. The molecule has 0 spiro atoms. The molecule has 13 heteroatoms. The van der Waals surface area contributed by atoms with Gasteiger partial charge in [0.2, 0.25) is 0 Å². The van der Waals surface area contributed by atoms with Crippen molar-refractivity contribution >= 4 is 67.4 Å². The zero-order chi connectivity index (χ0) is 27.4. The largest absolute Gasteiger partial charge is 0.490 e. The average molecular weight is 666 g/mol. The Kier molecular flexibility index (Phi) is 8.38. The molecule has 0 N–H and O–H groups in total. The fourth-order valence-electron chi connectivity index (χ4n) is 3.54. The molecule has 0 radical (unpaired) electrons. The van der Waals surface area contributed by atoms with Crippen LogP contribution in [0.2, 0.25) is 0 Å². The Balaban J connectivity index is 1.63. The molecule has 0 saturated carbocycles. The van der Waals surface area contributed by atoms with Crippen LogP contribution in [-0.4, -0.2) is 36.0 Å². The highest BCUT2D eigenvalue weighted by atomic mass is 127. The molecule has 4 rings (SSSR count). The predicted molar refractivity (Wildman–Crippen MR) is 149 cm³/mol. The summed E-state index contributed by atoms with van der Waals surface area (Å²) in [6.45, 7) is 1.70. The van der Waals surface area contributed by atoms with Crippen LogP contribution in [0.4, 0.5) is 10.5 Å². The maximum absolute atomic E-state index is 13.0. The van der Waals surface area contributed by atoms with Crippen molar-refractivity contribution in [2.75, 3.05) is 6.61 Å². The summed E-state index contributed by atoms with van der Waals surface area (Å²) in [7, 11) is -4.13. The van der Waals surface area contributed by atoms with Crippen LogP contribution in [-0.2, 0) is 21.5 Å². The van der Waals surface area contributed by atoms with Crippen molar-refractivity contribution in [1.82, 2.24) is 4.90 Å². The number of carbonyl (C=O) groups is 2.